The predicted molar refractivity (Wildman–Crippen MR) is 59.7 cm³/mol. The summed E-state index contributed by atoms with van der Waals surface area (Å²) in [7, 11) is 3.69. The van der Waals surface area contributed by atoms with E-state index in [9.17, 15) is 4.79 Å². The minimum absolute atomic E-state index is 0.180. The highest BCUT2D eigenvalue weighted by molar-refractivity contribution is 5.76. The zero-order chi connectivity index (χ0) is 11.1. The summed E-state index contributed by atoms with van der Waals surface area (Å²) in [6, 6.07) is 0. The molecule has 0 unspecified atom stereocenters. The van der Waals surface area contributed by atoms with Crippen molar-refractivity contribution in [1.82, 2.24) is 10.2 Å². The van der Waals surface area contributed by atoms with E-state index in [1.807, 2.05) is 14.1 Å². The summed E-state index contributed by atoms with van der Waals surface area (Å²) in [5, 5.41) is 2.97. The molecule has 1 N–H and O–H groups in total. The highest BCUT2D eigenvalue weighted by Crippen LogP contribution is 2.28. The Morgan fingerprint density at radius 3 is 2.87 bits per heavy atom. The average molecular weight is 214 g/mol. The minimum atomic E-state index is 0.180. The number of nitrogens with one attached hydrogen (secondary N) is 1. The Hall–Kier alpha value is -0.610. The molecular weight excluding hydrogens is 192 g/mol. The molecule has 0 aliphatic heterocycles. The van der Waals surface area contributed by atoms with E-state index in [0.717, 1.165) is 19.1 Å². The summed E-state index contributed by atoms with van der Waals surface area (Å²) in [5.41, 5.74) is 0. The van der Waals surface area contributed by atoms with Crippen LogP contribution in [0.25, 0.3) is 0 Å². The Kier molecular flexibility index (Phi) is 5.65. The molecule has 0 radical (unpaired) electrons. The smallest absolute Gasteiger partial charge is 0.223 e. The lowest BCUT2D eigenvalue weighted by Crippen LogP contribution is -2.32. The second kappa shape index (κ2) is 6.80. The topological polar surface area (TPSA) is 41.6 Å². The van der Waals surface area contributed by atoms with E-state index in [4.69, 9.17) is 4.74 Å². The molecule has 0 aromatic rings. The van der Waals surface area contributed by atoms with Gasteiger partial charge in [-0.15, -0.1) is 0 Å². The molecule has 0 saturated heterocycles. The first kappa shape index (κ1) is 12.5. The molecule has 1 rings (SSSR count). The van der Waals surface area contributed by atoms with Gasteiger partial charge in [-0.25, -0.2) is 0 Å². The molecule has 1 saturated carbocycles. The van der Waals surface area contributed by atoms with Gasteiger partial charge in [-0.3, -0.25) is 4.79 Å². The molecular formula is C11H22N2O2. The van der Waals surface area contributed by atoms with Crippen molar-refractivity contribution in [3.05, 3.63) is 0 Å². The Morgan fingerprint density at radius 2 is 2.27 bits per heavy atom. The number of carbonyl (C=O) groups excluding carboxylic acids is 1. The summed E-state index contributed by atoms with van der Waals surface area (Å²) >= 11 is 0. The zero-order valence-corrected chi connectivity index (χ0v) is 9.79. The lowest BCUT2D eigenvalue weighted by Gasteiger charge is -2.16. The molecule has 1 fully saturated rings. The van der Waals surface area contributed by atoms with E-state index in [-0.39, 0.29) is 5.91 Å². The molecule has 1 aliphatic carbocycles. The Bertz CT molecular complexity index is 193. The fourth-order valence-corrected chi connectivity index (χ4v) is 1.28. The van der Waals surface area contributed by atoms with Gasteiger partial charge in [0.05, 0.1) is 6.61 Å². The lowest BCUT2D eigenvalue weighted by molar-refractivity contribution is -0.130. The first-order valence-electron chi connectivity index (χ1n) is 5.70. The SMILES string of the molecule is CNCCC(=O)N(C)CCOCC1CC1. The van der Waals surface area contributed by atoms with Crippen LogP contribution in [0, 0.1) is 5.92 Å². The van der Waals surface area contributed by atoms with Crippen LogP contribution in [-0.2, 0) is 9.53 Å². The van der Waals surface area contributed by atoms with Crippen LogP contribution in [0.5, 0.6) is 0 Å². The van der Waals surface area contributed by atoms with Crippen molar-refractivity contribution in [3.8, 4) is 0 Å². The Morgan fingerprint density at radius 1 is 1.53 bits per heavy atom. The highest BCUT2D eigenvalue weighted by Gasteiger charge is 2.21. The summed E-state index contributed by atoms with van der Waals surface area (Å²) in [4.78, 5) is 13.2. The van der Waals surface area contributed by atoms with Crippen molar-refractivity contribution >= 4 is 5.91 Å². The van der Waals surface area contributed by atoms with Crippen LogP contribution in [0.4, 0.5) is 0 Å². The van der Waals surface area contributed by atoms with E-state index in [1.165, 1.54) is 12.8 Å². The van der Waals surface area contributed by atoms with E-state index in [1.54, 1.807) is 4.90 Å². The fourth-order valence-electron chi connectivity index (χ4n) is 1.28. The van der Waals surface area contributed by atoms with Crippen LogP contribution in [0.2, 0.25) is 0 Å². The first-order valence-corrected chi connectivity index (χ1v) is 5.70. The van der Waals surface area contributed by atoms with Gasteiger partial charge in [0.25, 0.3) is 0 Å². The Balaban J connectivity index is 1.95. The second-order valence-electron chi connectivity index (χ2n) is 4.19. The number of nitrogens with zero attached hydrogens (tertiary/aromatic N) is 1. The molecule has 0 heterocycles. The average Bonchev–Trinajstić information content (AvgIpc) is 3.04. The fraction of sp³-hybridized carbons (Fsp3) is 0.909. The van der Waals surface area contributed by atoms with Gasteiger partial charge in [0, 0.05) is 33.2 Å². The van der Waals surface area contributed by atoms with Gasteiger partial charge in [0.2, 0.25) is 5.91 Å². The van der Waals surface area contributed by atoms with Gasteiger partial charge in [0.15, 0.2) is 0 Å². The number of rotatable bonds is 8. The molecule has 15 heavy (non-hydrogen) atoms. The number of hydrogen-bond donors (Lipinski definition) is 1. The number of amides is 1. The number of likely N-dealkylation sites (N-methyl/N-ethyl adjacent to an activating group) is 1. The largest absolute Gasteiger partial charge is 0.379 e. The van der Waals surface area contributed by atoms with Crippen molar-refractivity contribution < 1.29 is 9.53 Å². The van der Waals surface area contributed by atoms with Gasteiger partial charge < -0.3 is 15.0 Å². The summed E-state index contributed by atoms with van der Waals surface area (Å²) < 4.78 is 5.47. The molecule has 4 nitrogen and oxygen atoms in total. The molecule has 1 aliphatic rings. The van der Waals surface area contributed by atoms with Gasteiger partial charge >= 0.3 is 0 Å². The van der Waals surface area contributed by atoms with Crippen molar-refractivity contribution in [3.63, 3.8) is 0 Å². The van der Waals surface area contributed by atoms with E-state index in [2.05, 4.69) is 5.32 Å². The summed E-state index contributed by atoms with van der Waals surface area (Å²) in [6.07, 6.45) is 3.20. The number of hydrogen-bond acceptors (Lipinski definition) is 3. The first-order chi connectivity index (χ1) is 7.24. The van der Waals surface area contributed by atoms with Gasteiger partial charge in [-0.2, -0.15) is 0 Å². The number of carbonyl (C=O) groups is 1. The lowest BCUT2D eigenvalue weighted by atomic mass is 10.3. The van der Waals surface area contributed by atoms with Gasteiger partial charge in [-0.1, -0.05) is 0 Å². The molecule has 0 atom stereocenters. The van der Waals surface area contributed by atoms with Crippen LogP contribution < -0.4 is 5.32 Å². The molecule has 4 heteroatoms. The standard InChI is InChI=1S/C11H22N2O2/c1-12-6-5-11(14)13(2)7-8-15-9-10-3-4-10/h10,12H,3-9H2,1-2H3. The molecule has 0 spiro atoms. The van der Waals surface area contributed by atoms with Gasteiger partial charge in [-0.05, 0) is 25.8 Å². The van der Waals surface area contributed by atoms with E-state index < -0.39 is 0 Å². The van der Waals surface area contributed by atoms with Crippen LogP contribution in [0.1, 0.15) is 19.3 Å². The monoisotopic (exact) mass is 214 g/mol. The van der Waals surface area contributed by atoms with Crippen LogP contribution >= 0.6 is 0 Å². The van der Waals surface area contributed by atoms with Crippen molar-refractivity contribution in [1.29, 1.82) is 0 Å². The molecule has 0 bridgehead atoms. The van der Waals surface area contributed by atoms with Crippen LogP contribution in [0.3, 0.4) is 0 Å². The van der Waals surface area contributed by atoms with Crippen molar-refractivity contribution in [2.24, 2.45) is 5.92 Å². The maximum absolute atomic E-state index is 11.5. The molecule has 0 aromatic carbocycles. The van der Waals surface area contributed by atoms with E-state index in [0.29, 0.717) is 19.6 Å². The summed E-state index contributed by atoms with van der Waals surface area (Å²) in [6.45, 7) is 2.98. The maximum atomic E-state index is 11.5. The van der Waals surface area contributed by atoms with Crippen LogP contribution in [0.15, 0.2) is 0 Å². The molecule has 88 valence electrons. The quantitative estimate of drug-likeness (QED) is 0.598. The molecule has 0 aromatic heterocycles. The number of ether oxygens (including phenoxy) is 1. The minimum Gasteiger partial charge on any atom is -0.379 e. The van der Waals surface area contributed by atoms with Crippen molar-refractivity contribution in [2.45, 2.75) is 19.3 Å². The third-order valence-electron chi connectivity index (χ3n) is 2.64. The highest BCUT2D eigenvalue weighted by atomic mass is 16.5. The van der Waals surface area contributed by atoms with Crippen LogP contribution in [-0.4, -0.2) is 51.2 Å². The van der Waals surface area contributed by atoms with Crippen molar-refractivity contribution in [2.75, 3.05) is 40.4 Å². The summed E-state index contributed by atoms with van der Waals surface area (Å²) in [5.74, 6) is 0.981. The zero-order valence-electron chi connectivity index (χ0n) is 9.79. The van der Waals surface area contributed by atoms with E-state index >= 15 is 0 Å². The Labute approximate surface area is 92.0 Å². The normalized spacial score (nSPS) is 15.3. The predicted octanol–water partition coefficient (Wildman–Crippen LogP) is 0.481. The third kappa shape index (κ3) is 5.74. The molecule has 1 amide bonds. The van der Waals surface area contributed by atoms with Gasteiger partial charge in [0.1, 0.15) is 0 Å². The third-order valence-corrected chi connectivity index (χ3v) is 2.64. The maximum Gasteiger partial charge on any atom is 0.223 e. The second-order valence-corrected chi connectivity index (χ2v) is 4.19.